The summed E-state index contributed by atoms with van der Waals surface area (Å²) in [5, 5.41) is 5.79. The molecule has 6 heteroatoms. The first-order chi connectivity index (χ1) is 10.0. The van der Waals surface area contributed by atoms with Crippen molar-refractivity contribution in [3.8, 4) is 0 Å². The van der Waals surface area contributed by atoms with Gasteiger partial charge in [0.25, 0.3) is 11.8 Å². The maximum absolute atomic E-state index is 12.2. The fraction of sp³-hybridized carbons (Fsp3) is 0.0667. The summed E-state index contributed by atoms with van der Waals surface area (Å²) < 4.78 is 0.636. The number of hydrogen-bond donors (Lipinski definition) is 2. The van der Waals surface area contributed by atoms with E-state index in [0.29, 0.717) is 26.3 Å². The van der Waals surface area contributed by atoms with Gasteiger partial charge in [0, 0.05) is 17.1 Å². The molecule has 0 aliphatic heterocycles. The topological polar surface area (TPSA) is 58.2 Å². The molecule has 2 rings (SSSR count). The molecule has 0 saturated carbocycles. The third-order valence-electron chi connectivity index (χ3n) is 2.83. The third-order valence-corrected chi connectivity index (χ3v) is 4.04. The summed E-state index contributed by atoms with van der Waals surface area (Å²) in [6.45, 7) is 0. The molecule has 0 spiro atoms. The van der Waals surface area contributed by atoms with Crippen LogP contribution in [0.2, 0.25) is 5.02 Å². The van der Waals surface area contributed by atoms with Gasteiger partial charge in [0.2, 0.25) is 0 Å². The molecule has 2 aromatic rings. The van der Waals surface area contributed by atoms with Crippen LogP contribution in [-0.4, -0.2) is 18.9 Å². The number of nitrogens with one attached hydrogen (secondary N) is 2. The average Bonchev–Trinajstić information content (AvgIpc) is 2.49. The summed E-state index contributed by atoms with van der Waals surface area (Å²) >= 11 is 9.17. The van der Waals surface area contributed by atoms with Crippen molar-refractivity contribution in [1.29, 1.82) is 0 Å². The number of hydrogen-bond acceptors (Lipinski definition) is 2. The highest BCUT2D eigenvalue weighted by Crippen LogP contribution is 2.24. The summed E-state index contributed by atoms with van der Waals surface area (Å²) in [6, 6.07) is 11.7. The minimum absolute atomic E-state index is 0.261. The van der Waals surface area contributed by atoms with E-state index in [9.17, 15) is 9.59 Å². The van der Waals surface area contributed by atoms with E-state index in [2.05, 4.69) is 26.6 Å². The number of carbonyl (C=O) groups is 2. The SMILES string of the molecule is CNC(=O)c1ccccc1NC(=O)c1ccc(Cl)c(Br)c1. The first kappa shape index (κ1) is 15.5. The Kier molecular flexibility index (Phi) is 4.98. The summed E-state index contributed by atoms with van der Waals surface area (Å²) in [7, 11) is 1.54. The maximum atomic E-state index is 12.2. The van der Waals surface area contributed by atoms with Crippen molar-refractivity contribution in [3.63, 3.8) is 0 Å². The van der Waals surface area contributed by atoms with E-state index in [4.69, 9.17) is 11.6 Å². The Morgan fingerprint density at radius 1 is 1.10 bits per heavy atom. The standard InChI is InChI=1S/C15H12BrClN2O2/c1-18-15(21)10-4-2-3-5-13(10)19-14(20)9-6-7-12(17)11(16)8-9/h2-8H,1H3,(H,18,21)(H,19,20). The van der Waals surface area contributed by atoms with Gasteiger partial charge in [-0.05, 0) is 46.3 Å². The van der Waals surface area contributed by atoms with E-state index in [1.807, 2.05) is 0 Å². The number of amides is 2. The number of anilines is 1. The van der Waals surface area contributed by atoms with Crippen molar-refractivity contribution in [2.24, 2.45) is 0 Å². The molecule has 0 unspecified atom stereocenters. The molecule has 0 heterocycles. The number of para-hydroxylation sites is 1. The highest BCUT2D eigenvalue weighted by Gasteiger charge is 2.13. The molecule has 0 aliphatic carbocycles. The van der Waals surface area contributed by atoms with E-state index in [0.717, 1.165) is 0 Å². The van der Waals surface area contributed by atoms with Crippen LogP contribution in [0.15, 0.2) is 46.9 Å². The van der Waals surface area contributed by atoms with E-state index >= 15 is 0 Å². The fourth-order valence-corrected chi connectivity index (χ4v) is 2.25. The molecule has 21 heavy (non-hydrogen) atoms. The molecule has 0 aromatic heterocycles. The van der Waals surface area contributed by atoms with Crippen molar-refractivity contribution in [2.75, 3.05) is 12.4 Å². The van der Waals surface area contributed by atoms with E-state index in [1.54, 1.807) is 42.5 Å². The highest BCUT2D eigenvalue weighted by molar-refractivity contribution is 9.10. The van der Waals surface area contributed by atoms with Crippen molar-refractivity contribution in [2.45, 2.75) is 0 Å². The lowest BCUT2D eigenvalue weighted by Crippen LogP contribution is -2.21. The van der Waals surface area contributed by atoms with E-state index < -0.39 is 0 Å². The molecule has 108 valence electrons. The smallest absolute Gasteiger partial charge is 0.255 e. The molecule has 0 radical (unpaired) electrons. The van der Waals surface area contributed by atoms with Crippen molar-refractivity contribution in [1.82, 2.24) is 5.32 Å². The molecule has 0 saturated heterocycles. The van der Waals surface area contributed by atoms with Gasteiger partial charge in [-0.25, -0.2) is 0 Å². The minimum Gasteiger partial charge on any atom is -0.355 e. The Bertz CT molecular complexity index is 704. The van der Waals surface area contributed by atoms with Crippen LogP contribution >= 0.6 is 27.5 Å². The van der Waals surface area contributed by atoms with Crippen LogP contribution in [0.3, 0.4) is 0 Å². The number of benzene rings is 2. The van der Waals surface area contributed by atoms with Crippen molar-refractivity contribution >= 4 is 45.0 Å². The molecule has 0 bridgehead atoms. The van der Waals surface area contributed by atoms with Crippen LogP contribution < -0.4 is 10.6 Å². The first-order valence-corrected chi connectivity index (χ1v) is 7.27. The zero-order chi connectivity index (χ0) is 15.4. The quantitative estimate of drug-likeness (QED) is 0.869. The number of halogens is 2. The Balaban J connectivity index is 2.27. The van der Waals surface area contributed by atoms with Gasteiger partial charge in [0.05, 0.1) is 16.3 Å². The number of carbonyl (C=O) groups excluding carboxylic acids is 2. The normalized spacial score (nSPS) is 10.0. The van der Waals surface area contributed by atoms with Crippen molar-refractivity contribution < 1.29 is 9.59 Å². The second-order valence-electron chi connectivity index (χ2n) is 4.21. The Morgan fingerprint density at radius 2 is 1.81 bits per heavy atom. The van der Waals surface area contributed by atoms with Gasteiger partial charge >= 0.3 is 0 Å². The van der Waals surface area contributed by atoms with Crippen LogP contribution in [0.4, 0.5) is 5.69 Å². The van der Waals surface area contributed by atoms with Gasteiger partial charge in [-0.15, -0.1) is 0 Å². The Labute approximate surface area is 135 Å². The highest BCUT2D eigenvalue weighted by atomic mass is 79.9. The van der Waals surface area contributed by atoms with Crippen LogP contribution in [0.5, 0.6) is 0 Å². The molecule has 2 aromatic carbocycles. The predicted molar refractivity (Wildman–Crippen MR) is 86.9 cm³/mol. The zero-order valence-electron chi connectivity index (χ0n) is 11.1. The largest absolute Gasteiger partial charge is 0.355 e. The fourth-order valence-electron chi connectivity index (χ4n) is 1.76. The van der Waals surface area contributed by atoms with Crippen LogP contribution in [0.1, 0.15) is 20.7 Å². The lowest BCUT2D eigenvalue weighted by Gasteiger charge is -2.10. The summed E-state index contributed by atoms with van der Waals surface area (Å²) in [5.41, 5.74) is 1.30. The summed E-state index contributed by atoms with van der Waals surface area (Å²) in [6.07, 6.45) is 0. The van der Waals surface area contributed by atoms with Gasteiger partial charge in [0.15, 0.2) is 0 Å². The number of rotatable bonds is 3. The molecule has 4 nitrogen and oxygen atoms in total. The van der Waals surface area contributed by atoms with Gasteiger partial charge in [-0.3, -0.25) is 9.59 Å². The van der Waals surface area contributed by atoms with Gasteiger partial charge in [-0.1, -0.05) is 23.7 Å². The molecule has 0 atom stereocenters. The van der Waals surface area contributed by atoms with Crippen LogP contribution in [-0.2, 0) is 0 Å². The summed E-state index contributed by atoms with van der Waals surface area (Å²) in [4.78, 5) is 24.0. The molecular weight excluding hydrogens is 356 g/mol. The predicted octanol–water partition coefficient (Wildman–Crippen LogP) is 3.71. The van der Waals surface area contributed by atoms with E-state index in [1.165, 1.54) is 7.05 Å². The lowest BCUT2D eigenvalue weighted by molar-refractivity contribution is 0.0964. The molecular formula is C15H12BrClN2O2. The second-order valence-corrected chi connectivity index (χ2v) is 5.47. The van der Waals surface area contributed by atoms with Gasteiger partial charge < -0.3 is 10.6 Å². The molecule has 2 N–H and O–H groups in total. The minimum atomic E-state index is -0.316. The summed E-state index contributed by atoms with van der Waals surface area (Å²) in [5.74, 6) is -0.577. The Hall–Kier alpha value is -1.85. The molecule has 0 fully saturated rings. The second kappa shape index (κ2) is 6.74. The third kappa shape index (κ3) is 3.62. The maximum Gasteiger partial charge on any atom is 0.255 e. The van der Waals surface area contributed by atoms with Crippen LogP contribution in [0.25, 0.3) is 0 Å². The zero-order valence-corrected chi connectivity index (χ0v) is 13.5. The Morgan fingerprint density at radius 3 is 2.48 bits per heavy atom. The van der Waals surface area contributed by atoms with Gasteiger partial charge in [-0.2, -0.15) is 0 Å². The van der Waals surface area contributed by atoms with Gasteiger partial charge in [0.1, 0.15) is 0 Å². The van der Waals surface area contributed by atoms with Crippen molar-refractivity contribution in [3.05, 3.63) is 63.1 Å². The lowest BCUT2D eigenvalue weighted by atomic mass is 10.1. The first-order valence-electron chi connectivity index (χ1n) is 6.10. The van der Waals surface area contributed by atoms with E-state index in [-0.39, 0.29) is 11.8 Å². The molecule has 0 aliphatic rings. The average molecular weight is 368 g/mol. The molecule has 2 amide bonds. The van der Waals surface area contributed by atoms with Crippen LogP contribution in [0, 0.1) is 0 Å². The monoisotopic (exact) mass is 366 g/mol.